The zero-order valence-corrected chi connectivity index (χ0v) is 6.89. The highest BCUT2D eigenvalue weighted by atomic mass is 16.1. The van der Waals surface area contributed by atoms with Crippen molar-refractivity contribution in [1.82, 2.24) is 0 Å². The van der Waals surface area contributed by atoms with Gasteiger partial charge in [0.15, 0.2) is 0 Å². The normalized spacial score (nSPS) is 31.6. The van der Waals surface area contributed by atoms with Crippen molar-refractivity contribution in [2.24, 2.45) is 11.3 Å². The monoisotopic (exact) mass is 140 g/mol. The van der Waals surface area contributed by atoms with Gasteiger partial charge in [0.25, 0.3) is 0 Å². The highest BCUT2D eigenvalue weighted by Gasteiger charge is 2.27. The third kappa shape index (κ3) is 1.83. The number of rotatable bonds is 1. The van der Waals surface area contributed by atoms with Crippen LogP contribution in [0.15, 0.2) is 0 Å². The summed E-state index contributed by atoms with van der Waals surface area (Å²) in [6, 6.07) is 0. The van der Waals surface area contributed by atoms with Crippen molar-refractivity contribution < 1.29 is 4.79 Å². The molecule has 1 rings (SSSR count). The second-order valence-electron chi connectivity index (χ2n) is 4.16. The lowest BCUT2D eigenvalue weighted by molar-refractivity contribution is -0.113. The fourth-order valence-corrected chi connectivity index (χ4v) is 1.87. The van der Waals surface area contributed by atoms with Crippen LogP contribution in [0.4, 0.5) is 0 Å². The molecule has 0 aliphatic heterocycles. The quantitative estimate of drug-likeness (QED) is 0.511. The molecule has 0 bridgehead atoms. The fraction of sp³-hybridized carbons (Fsp3) is 0.889. The maximum Gasteiger partial charge on any atom is 0.123 e. The van der Waals surface area contributed by atoms with Crippen molar-refractivity contribution in [1.29, 1.82) is 0 Å². The summed E-state index contributed by atoms with van der Waals surface area (Å²) >= 11 is 0. The Labute approximate surface area is 62.8 Å². The molecule has 1 atom stereocenters. The van der Waals surface area contributed by atoms with E-state index in [4.69, 9.17) is 0 Å². The second kappa shape index (κ2) is 2.73. The van der Waals surface area contributed by atoms with Crippen molar-refractivity contribution in [3.63, 3.8) is 0 Å². The van der Waals surface area contributed by atoms with Gasteiger partial charge < -0.3 is 4.79 Å². The number of carbonyl (C=O) groups excluding carboxylic acids is 1. The summed E-state index contributed by atoms with van der Waals surface area (Å²) in [6.45, 7) is 4.51. The van der Waals surface area contributed by atoms with Crippen LogP contribution in [0.25, 0.3) is 0 Å². The van der Waals surface area contributed by atoms with Crippen molar-refractivity contribution in [2.45, 2.75) is 39.5 Å². The lowest BCUT2D eigenvalue weighted by Gasteiger charge is -2.32. The predicted octanol–water partition coefficient (Wildman–Crippen LogP) is 2.40. The Balaban J connectivity index is 2.47. The minimum atomic E-state index is 0.351. The van der Waals surface area contributed by atoms with Crippen molar-refractivity contribution >= 4 is 6.29 Å². The smallest absolute Gasteiger partial charge is 0.123 e. The van der Waals surface area contributed by atoms with Gasteiger partial charge in [0.1, 0.15) is 6.29 Å². The first kappa shape index (κ1) is 7.77. The highest BCUT2D eigenvalue weighted by molar-refractivity contribution is 5.53. The fourth-order valence-electron chi connectivity index (χ4n) is 1.87. The lowest BCUT2D eigenvalue weighted by atomic mass is 9.73. The van der Waals surface area contributed by atoms with Gasteiger partial charge >= 0.3 is 0 Å². The third-order valence-electron chi connectivity index (χ3n) is 2.44. The van der Waals surface area contributed by atoms with Crippen LogP contribution < -0.4 is 0 Å². The van der Waals surface area contributed by atoms with E-state index in [-0.39, 0.29) is 0 Å². The zero-order valence-electron chi connectivity index (χ0n) is 6.89. The molecule has 1 fully saturated rings. The van der Waals surface area contributed by atoms with E-state index in [9.17, 15) is 4.79 Å². The largest absolute Gasteiger partial charge is 0.303 e. The molecule has 0 spiro atoms. The van der Waals surface area contributed by atoms with Crippen LogP contribution in [0.5, 0.6) is 0 Å². The molecule has 1 saturated carbocycles. The lowest BCUT2D eigenvalue weighted by Crippen LogP contribution is -2.23. The van der Waals surface area contributed by atoms with E-state index >= 15 is 0 Å². The minimum Gasteiger partial charge on any atom is -0.303 e. The molecule has 0 aromatic heterocycles. The molecule has 1 aliphatic carbocycles. The van der Waals surface area contributed by atoms with Crippen molar-refractivity contribution in [3.8, 4) is 0 Å². The SMILES string of the molecule is CC1(C)CCCC(C=O)C1. The number of hydrogen-bond donors (Lipinski definition) is 0. The molecule has 0 N–H and O–H groups in total. The van der Waals surface area contributed by atoms with Gasteiger partial charge in [-0.25, -0.2) is 0 Å². The summed E-state index contributed by atoms with van der Waals surface area (Å²) in [5.74, 6) is 0.351. The molecule has 0 amide bonds. The Hall–Kier alpha value is -0.330. The van der Waals surface area contributed by atoms with E-state index in [1.807, 2.05) is 0 Å². The average Bonchev–Trinajstić information content (AvgIpc) is 1.86. The first-order valence-electron chi connectivity index (χ1n) is 4.09. The van der Waals surface area contributed by atoms with E-state index in [1.165, 1.54) is 12.8 Å². The Morgan fingerprint density at radius 3 is 2.60 bits per heavy atom. The van der Waals surface area contributed by atoms with Crippen LogP contribution in [0.2, 0.25) is 0 Å². The summed E-state index contributed by atoms with van der Waals surface area (Å²) in [5.41, 5.74) is 0.420. The summed E-state index contributed by atoms with van der Waals surface area (Å²) < 4.78 is 0. The average molecular weight is 140 g/mol. The zero-order chi connectivity index (χ0) is 7.61. The third-order valence-corrected chi connectivity index (χ3v) is 2.44. The van der Waals surface area contributed by atoms with Crippen molar-refractivity contribution in [3.05, 3.63) is 0 Å². The van der Waals surface area contributed by atoms with E-state index < -0.39 is 0 Å². The molecular weight excluding hydrogens is 124 g/mol. The van der Waals surface area contributed by atoms with E-state index in [0.29, 0.717) is 11.3 Å². The van der Waals surface area contributed by atoms with E-state index in [0.717, 1.165) is 19.1 Å². The van der Waals surface area contributed by atoms with Gasteiger partial charge in [-0.05, 0) is 24.7 Å². The van der Waals surface area contributed by atoms with E-state index in [2.05, 4.69) is 13.8 Å². The first-order chi connectivity index (χ1) is 4.64. The molecule has 58 valence electrons. The van der Waals surface area contributed by atoms with Crippen LogP contribution in [0.3, 0.4) is 0 Å². The Morgan fingerprint density at radius 1 is 1.50 bits per heavy atom. The van der Waals surface area contributed by atoms with Gasteiger partial charge in [-0.2, -0.15) is 0 Å². The molecule has 0 heterocycles. The molecule has 0 aromatic rings. The van der Waals surface area contributed by atoms with Crippen molar-refractivity contribution in [2.75, 3.05) is 0 Å². The maximum absolute atomic E-state index is 10.4. The molecule has 10 heavy (non-hydrogen) atoms. The molecule has 1 aliphatic rings. The van der Waals surface area contributed by atoms with Crippen LogP contribution in [-0.2, 0) is 4.79 Å². The number of aldehydes is 1. The topological polar surface area (TPSA) is 17.1 Å². The van der Waals surface area contributed by atoms with Gasteiger partial charge in [0.2, 0.25) is 0 Å². The summed E-state index contributed by atoms with van der Waals surface area (Å²) in [6.07, 6.45) is 5.86. The first-order valence-corrected chi connectivity index (χ1v) is 4.09. The van der Waals surface area contributed by atoms with Gasteiger partial charge in [0, 0.05) is 5.92 Å². The highest BCUT2D eigenvalue weighted by Crippen LogP contribution is 2.37. The van der Waals surface area contributed by atoms with Gasteiger partial charge in [0.05, 0.1) is 0 Å². The molecule has 1 unspecified atom stereocenters. The second-order valence-corrected chi connectivity index (χ2v) is 4.16. The van der Waals surface area contributed by atoms with E-state index in [1.54, 1.807) is 0 Å². The van der Waals surface area contributed by atoms with Crippen LogP contribution >= 0.6 is 0 Å². The van der Waals surface area contributed by atoms with Crippen LogP contribution in [0.1, 0.15) is 39.5 Å². The maximum atomic E-state index is 10.4. The molecule has 0 radical (unpaired) electrons. The Morgan fingerprint density at radius 2 is 2.20 bits per heavy atom. The number of hydrogen-bond acceptors (Lipinski definition) is 1. The Bertz CT molecular complexity index is 127. The standard InChI is InChI=1S/C9H16O/c1-9(2)5-3-4-8(6-9)7-10/h7-8H,3-6H2,1-2H3. The number of carbonyl (C=O) groups is 1. The van der Waals surface area contributed by atoms with Gasteiger partial charge in [-0.15, -0.1) is 0 Å². The van der Waals surface area contributed by atoms with Crippen LogP contribution in [0, 0.1) is 11.3 Å². The summed E-state index contributed by atoms with van der Waals surface area (Å²) in [5, 5.41) is 0. The Kier molecular flexibility index (Phi) is 2.12. The molecule has 0 aromatic carbocycles. The molecule has 1 nitrogen and oxygen atoms in total. The van der Waals surface area contributed by atoms with Gasteiger partial charge in [-0.1, -0.05) is 20.3 Å². The summed E-state index contributed by atoms with van der Waals surface area (Å²) in [4.78, 5) is 10.4. The van der Waals surface area contributed by atoms with Gasteiger partial charge in [-0.3, -0.25) is 0 Å². The minimum absolute atomic E-state index is 0.351. The summed E-state index contributed by atoms with van der Waals surface area (Å²) in [7, 11) is 0. The molecule has 1 heteroatoms. The molecule has 0 saturated heterocycles. The molecular formula is C9H16O. The predicted molar refractivity (Wildman–Crippen MR) is 41.8 cm³/mol. The van der Waals surface area contributed by atoms with Crippen LogP contribution in [-0.4, -0.2) is 6.29 Å².